The van der Waals surface area contributed by atoms with Crippen LogP contribution in [0.4, 0.5) is 0 Å². The molecule has 3 nitrogen and oxygen atoms in total. The number of hydrogen-bond donors (Lipinski definition) is 1. The molecule has 1 aliphatic rings. The van der Waals surface area contributed by atoms with E-state index in [0.717, 1.165) is 29.4 Å². The zero-order valence-electron chi connectivity index (χ0n) is 12.9. The average Bonchev–Trinajstić information content (AvgIpc) is 3.23. The number of nitrogens with zero attached hydrogens (tertiary/aromatic N) is 2. The molecule has 112 valence electrons. The van der Waals surface area contributed by atoms with E-state index in [1.807, 2.05) is 16.8 Å². The smallest absolute Gasteiger partial charge is 0.0708 e. The molecule has 1 heterocycles. The molecule has 0 atom stereocenters. The maximum absolute atomic E-state index is 6.21. The van der Waals surface area contributed by atoms with Gasteiger partial charge in [-0.25, -0.2) is 4.68 Å². The fourth-order valence-electron chi connectivity index (χ4n) is 2.85. The molecule has 1 aromatic heterocycles. The predicted octanol–water partition coefficient (Wildman–Crippen LogP) is 3.96. The average molecular weight is 304 g/mol. The second kappa shape index (κ2) is 5.82. The molecule has 1 N–H and O–H groups in total. The van der Waals surface area contributed by atoms with E-state index in [1.54, 1.807) is 0 Å². The molecule has 1 aliphatic carbocycles. The minimum Gasteiger partial charge on any atom is -0.310 e. The highest BCUT2D eigenvalue weighted by Crippen LogP contribution is 2.25. The Bertz CT molecular complexity index is 656. The van der Waals surface area contributed by atoms with Gasteiger partial charge in [0.2, 0.25) is 0 Å². The van der Waals surface area contributed by atoms with Gasteiger partial charge in [-0.2, -0.15) is 5.10 Å². The van der Waals surface area contributed by atoms with Crippen LogP contribution in [0.2, 0.25) is 5.02 Å². The Balaban J connectivity index is 2.01. The lowest BCUT2D eigenvalue weighted by Gasteiger charge is -2.13. The summed E-state index contributed by atoms with van der Waals surface area (Å²) >= 11 is 6.21. The molecule has 21 heavy (non-hydrogen) atoms. The van der Waals surface area contributed by atoms with Crippen molar-refractivity contribution in [2.24, 2.45) is 0 Å². The lowest BCUT2D eigenvalue weighted by molar-refractivity contribution is 0.679. The molecule has 2 aromatic rings. The standard InChI is InChI=1S/C17H22ClN3/c1-4-16-11(2)20-21(12(16)3)17-9-14(18)6-5-13(17)10-19-15-7-8-15/h5-6,9,15,19H,4,7-8,10H2,1-3H3. The highest BCUT2D eigenvalue weighted by Gasteiger charge is 2.21. The van der Waals surface area contributed by atoms with Crippen molar-refractivity contribution in [3.05, 3.63) is 45.7 Å². The Morgan fingerprint density at radius 2 is 2.10 bits per heavy atom. The Morgan fingerprint density at radius 3 is 2.71 bits per heavy atom. The highest BCUT2D eigenvalue weighted by atomic mass is 35.5. The van der Waals surface area contributed by atoms with Crippen LogP contribution in [0.3, 0.4) is 0 Å². The number of aromatic nitrogens is 2. The molecular formula is C17H22ClN3. The van der Waals surface area contributed by atoms with E-state index < -0.39 is 0 Å². The minimum atomic E-state index is 0.695. The fourth-order valence-corrected chi connectivity index (χ4v) is 3.01. The summed E-state index contributed by atoms with van der Waals surface area (Å²) in [6, 6.07) is 6.78. The first-order valence-electron chi connectivity index (χ1n) is 7.67. The number of benzene rings is 1. The van der Waals surface area contributed by atoms with Gasteiger partial charge in [-0.05, 0) is 56.4 Å². The van der Waals surface area contributed by atoms with Gasteiger partial charge >= 0.3 is 0 Å². The topological polar surface area (TPSA) is 29.9 Å². The maximum atomic E-state index is 6.21. The highest BCUT2D eigenvalue weighted by molar-refractivity contribution is 6.30. The molecule has 4 heteroatoms. The van der Waals surface area contributed by atoms with Crippen LogP contribution in [0.5, 0.6) is 0 Å². The molecule has 0 saturated heterocycles. The van der Waals surface area contributed by atoms with Crippen molar-refractivity contribution in [1.82, 2.24) is 15.1 Å². The summed E-state index contributed by atoms with van der Waals surface area (Å²) in [7, 11) is 0. The fraction of sp³-hybridized carbons (Fsp3) is 0.471. The van der Waals surface area contributed by atoms with Crippen molar-refractivity contribution in [2.75, 3.05) is 0 Å². The van der Waals surface area contributed by atoms with E-state index in [0.29, 0.717) is 6.04 Å². The van der Waals surface area contributed by atoms with E-state index in [2.05, 4.69) is 32.2 Å². The zero-order chi connectivity index (χ0) is 15.0. The van der Waals surface area contributed by atoms with Gasteiger partial charge in [-0.15, -0.1) is 0 Å². The summed E-state index contributed by atoms with van der Waals surface area (Å²) < 4.78 is 2.05. The minimum absolute atomic E-state index is 0.695. The van der Waals surface area contributed by atoms with Crippen molar-refractivity contribution in [1.29, 1.82) is 0 Å². The first-order chi connectivity index (χ1) is 10.1. The van der Waals surface area contributed by atoms with Gasteiger partial charge in [0.25, 0.3) is 0 Å². The summed E-state index contributed by atoms with van der Waals surface area (Å²) in [5.41, 5.74) is 5.99. The molecule has 0 unspecified atom stereocenters. The molecule has 0 amide bonds. The van der Waals surface area contributed by atoms with Crippen LogP contribution in [0.15, 0.2) is 18.2 Å². The summed E-state index contributed by atoms with van der Waals surface area (Å²) in [5.74, 6) is 0. The first-order valence-corrected chi connectivity index (χ1v) is 8.05. The molecule has 0 aliphatic heterocycles. The van der Waals surface area contributed by atoms with Crippen molar-refractivity contribution < 1.29 is 0 Å². The number of aryl methyl sites for hydroxylation is 1. The van der Waals surface area contributed by atoms with Crippen molar-refractivity contribution in [3.8, 4) is 5.69 Å². The van der Waals surface area contributed by atoms with Gasteiger partial charge in [0.1, 0.15) is 0 Å². The number of nitrogens with one attached hydrogen (secondary N) is 1. The van der Waals surface area contributed by atoms with Gasteiger partial charge < -0.3 is 5.32 Å². The normalized spacial score (nSPS) is 14.7. The molecule has 0 bridgehead atoms. The monoisotopic (exact) mass is 303 g/mol. The Hall–Kier alpha value is -1.32. The van der Waals surface area contributed by atoms with Crippen LogP contribution in [0, 0.1) is 13.8 Å². The number of hydrogen-bond acceptors (Lipinski definition) is 2. The van der Waals surface area contributed by atoms with Crippen molar-refractivity contribution >= 4 is 11.6 Å². The zero-order valence-corrected chi connectivity index (χ0v) is 13.7. The third-order valence-electron chi connectivity index (χ3n) is 4.23. The second-order valence-electron chi connectivity index (χ2n) is 5.84. The van der Waals surface area contributed by atoms with E-state index in [4.69, 9.17) is 16.7 Å². The number of rotatable bonds is 5. The van der Waals surface area contributed by atoms with Crippen LogP contribution in [0.25, 0.3) is 5.69 Å². The number of halogens is 1. The van der Waals surface area contributed by atoms with Gasteiger partial charge in [0.15, 0.2) is 0 Å². The molecule has 1 fully saturated rings. The van der Waals surface area contributed by atoms with Crippen LogP contribution >= 0.6 is 11.6 Å². The Kier molecular flexibility index (Phi) is 4.05. The predicted molar refractivity (Wildman–Crippen MR) is 87.3 cm³/mol. The largest absolute Gasteiger partial charge is 0.310 e. The van der Waals surface area contributed by atoms with Crippen molar-refractivity contribution in [2.45, 2.75) is 52.6 Å². The van der Waals surface area contributed by atoms with Gasteiger partial charge in [0.05, 0.1) is 11.4 Å². The van der Waals surface area contributed by atoms with Crippen LogP contribution in [-0.2, 0) is 13.0 Å². The van der Waals surface area contributed by atoms with Crippen LogP contribution in [-0.4, -0.2) is 15.8 Å². The van der Waals surface area contributed by atoms with Gasteiger partial charge in [-0.3, -0.25) is 0 Å². The second-order valence-corrected chi connectivity index (χ2v) is 6.28. The maximum Gasteiger partial charge on any atom is 0.0708 e. The molecule has 0 spiro atoms. The van der Waals surface area contributed by atoms with Crippen LogP contribution < -0.4 is 5.32 Å². The lowest BCUT2D eigenvalue weighted by Crippen LogP contribution is -2.17. The van der Waals surface area contributed by atoms with Crippen molar-refractivity contribution in [3.63, 3.8) is 0 Å². The Morgan fingerprint density at radius 1 is 1.33 bits per heavy atom. The third-order valence-corrected chi connectivity index (χ3v) is 4.46. The summed E-state index contributed by atoms with van der Waals surface area (Å²) in [6.45, 7) is 7.26. The summed E-state index contributed by atoms with van der Waals surface area (Å²) in [6.07, 6.45) is 3.60. The Labute approximate surface area is 131 Å². The lowest BCUT2D eigenvalue weighted by atomic mass is 10.1. The van der Waals surface area contributed by atoms with Gasteiger partial charge in [-0.1, -0.05) is 24.6 Å². The van der Waals surface area contributed by atoms with Gasteiger partial charge in [0, 0.05) is 23.3 Å². The molecule has 3 rings (SSSR count). The van der Waals surface area contributed by atoms with E-state index >= 15 is 0 Å². The molecular weight excluding hydrogens is 282 g/mol. The van der Waals surface area contributed by atoms with E-state index in [-0.39, 0.29) is 0 Å². The molecule has 1 aromatic carbocycles. The van der Waals surface area contributed by atoms with E-state index in [9.17, 15) is 0 Å². The van der Waals surface area contributed by atoms with Crippen LogP contribution in [0.1, 0.15) is 42.3 Å². The first kappa shape index (κ1) is 14.6. The molecule has 1 saturated carbocycles. The summed E-state index contributed by atoms with van der Waals surface area (Å²) in [4.78, 5) is 0. The quantitative estimate of drug-likeness (QED) is 0.906. The molecule has 0 radical (unpaired) electrons. The SMILES string of the molecule is CCc1c(C)nn(-c2cc(Cl)ccc2CNC2CC2)c1C. The van der Waals surface area contributed by atoms with E-state index in [1.165, 1.54) is 29.7 Å². The third kappa shape index (κ3) is 2.99. The summed E-state index contributed by atoms with van der Waals surface area (Å²) in [5, 5.41) is 9.05.